The summed E-state index contributed by atoms with van der Waals surface area (Å²) >= 11 is 12.2. The summed E-state index contributed by atoms with van der Waals surface area (Å²) in [6.07, 6.45) is 0. The van der Waals surface area contributed by atoms with Crippen molar-refractivity contribution in [3.63, 3.8) is 0 Å². The van der Waals surface area contributed by atoms with Gasteiger partial charge in [-0.25, -0.2) is 15.4 Å². The number of fused-ring (bicyclic) bond motifs is 1. The van der Waals surface area contributed by atoms with Crippen molar-refractivity contribution in [1.82, 2.24) is 9.55 Å². The van der Waals surface area contributed by atoms with E-state index >= 15 is 0 Å². The zero-order valence-electron chi connectivity index (χ0n) is 10.7. The maximum Gasteiger partial charge on any atom is 0.267 e. The Bertz CT molecular complexity index is 892. The van der Waals surface area contributed by atoms with E-state index in [4.69, 9.17) is 29.0 Å². The topological polar surface area (TPSA) is 72.9 Å². The van der Waals surface area contributed by atoms with E-state index in [-0.39, 0.29) is 16.5 Å². The lowest BCUT2D eigenvalue weighted by atomic mass is 10.2. The summed E-state index contributed by atoms with van der Waals surface area (Å²) in [5, 5.41) is 1.07. The standard InChI is InChI=1S/C14H10Cl2N4O/c15-9-5-3-7-11(12(9)16)20-13(21)8-4-1-2-6-10(8)18-14(20)19-17/h1-7H,17H2,(H,18,19). The second-order valence-corrected chi connectivity index (χ2v) is 5.10. The minimum absolute atomic E-state index is 0.183. The molecule has 0 aliphatic rings. The fourth-order valence-corrected chi connectivity index (χ4v) is 2.50. The normalized spacial score (nSPS) is 10.8. The minimum atomic E-state index is -0.280. The van der Waals surface area contributed by atoms with Crippen LogP contribution in [-0.4, -0.2) is 9.55 Å². The van der Waals surface area contributed by atoms with E-state index in [1.165, 1.54) is 4.57 Å². The van der Waals surface area contributed by atoms with Crippen LogP contribution in [0.4, 0.5) is 5.95 Å². The van der Waals surface area contributed by atoms with Gasteiger partial charge in [0.2, 0.25) is 5.95 Å². The molecule has 21 heavy (non-hydrogen) atoms. The van der Waals surface area contributed by atoms with Crippen LogP contribution in [0.3, 0.4) is 0 Å². The molecule has 0 radical (unpaired) electrons. The summed E-state index contributed by atoms with van der Waals surface area (Å²) in [5.41, 5.74) is 3.11. The van der Waals surface area contributed by atoms with E-state index < -0.39 is 0 Å². The Labute approximate surface area is 129 Å². The van der Waals surface area contributed by atoms with Crippen molar-refractivity contribution >= 4 is 40.1 Å². The molecule has 3 rings (SSSR count). The van der Waals surface area contributed by atoms with Crippen LogP contribution < -0.4 is 16.8 Å². The van der Waals surface area contributed by atoms with Gasteiger partial charge in [0.15, 0.2) is 0 Å². The third-order valence-electron chi connectivity index (χ3n) is 3.08. The summed E-state index contributed by atoms with van der Waals surface area (Å²) in [6, 6.07) is 12.0. The minimum Gasteiger partial charge on any atom is -0.293 e. The summed E-state index contributed by atoms with van der Waals surface area (Å²) in [5.74, 6) is 5.67. The summed E-state index contributed by atoms with van der Waals surface area (Å²) in [7, 11) is 0. The van der Waals surface area contributed by atoms with Crippen molar-refractivity contribution in [3.05, 3.63) is 62.9 Å². The molecular formula is C14H10Cl2N4O. The molecule has 1 aromatic heterocycles. The van der Waals surface area contributed by atoms with Crippen molar-refractivity contribution in [2.24, 2.45) is 5.84 Å². The number of nitrogen functional groups attached to an aromatic ring is 1. The Morgan fingerprint density at radius 2 is 1.86 bits per heavy atom. The first-order chi connectivity index (χ1) is 10.1. The van der Waals surface area contributed by atoms with E-state index in [0.29, 0.717) is 21.6 Å². The van der Waals surface area contributed by atoms with Crippen LogP contribution >= 0.6 is 23.2 Å². The Morgan fingerprint density at radius 3 is 2.62 bits per heavy atom. The Balaban J connectivity index is 2.44. The third kappa shape index (κ3) is 2.25. The van der Waals surface area contributed by atoms with Gasteiger partial charge >= 0.3 is 0 Å². The van der Waals surface area contributed by atoms with Gasteiger partial charge in [0.05, 0.1) is 26.6 Å². The molecule has 0 unspecified atom stereocenters. The smallest absolute Gasteiger partial charge is 0.267 e. The molecule has 7 heteroatoms. The van der Waals surface area contributed by atoms with Crippen LogP contribution in [0.25, 0.3) is 16.6 Å². The molecule has 0 fully saturated rings. The highest BCUT2D eigenvalue weighted by Gasteiger charge is 2.15. The van der Waals surface area contributed by atoms with E-state index in [1.807, 2.05) is 0 Å². The number of nitrogens with two attached hydrogens (primary N) is 1. The second kappa shape index (κ2) is 5.37. The highest BCUT2D eigenvalue weighted by Crippen LogP contribution is 2.29. The Hall–Kier alpha value is -2.08. The van der Waals surface area contributed by atoms with E-state index in [2.05, 4.69) is 10.4 Å². The van der Waals surface area contributed by atoms with Crippen LogP contribution in [0.2, 0.25) is 10.0 Å². The van der Waals surface area contributed by atoms with Crippen molar-refractivity contribution in [2.75, 3.05) is 5.43 Å². The lowest BCUT2D eigenvalue weighted by molar-refractivity contribution is 0.956. The fraction of sp³-hybridized carbons (Fsp3) is 0. The van der Waals surface area contributed by atoms with E-state index in [0.717, 1.165) is 0 Å². The number of hydrogen-bond donors (Lipinski definition) is 2. The number of hydrazine groups is 1. The maximum atomic E-state index is 12.7. The average Bonchev–Trinajstić information content (AvgIpc) is 2.50. The molecule has 106 valence electrons. The van der Waals surface area contributed by atoms with Crippen molar-refractivity contribution in [1.29, 1.82) is 0 Å². The van der Waals surface area contributed by atoms with Crippen LogP contribution in [-0.2, 0) is 0 Å². The molecule has 3 aromatic rings. The molecule has 0 aliphatic heterocycles. The number of nitrogens with zero attached hydrogens (tertiary/aromatic N) is 2. The van der Waals surface area contributed by atoms with Crippen LogP contribution in [0.15, 0.2) is 47.3 Å². The van der Waals surface area contributed by atoms with Gasteiger partial charge in [0.25, 0.3) is 5.56 Å². The van der Waals surface area contributed by atoms with Gasteiger partial charge in [-0.1, -0.05) is 41.4 Å². The molecule has 0 amide bonds. The second-order valence-electron chi connectivity index (χ2n) is 4.31. The number of rotatable bonds is 2. The molecule has 5 nitrogen and oxygen atoms in total. The average molecular weight is 321 g/mol. The lowest BCUT2D eigenvalue weighted by Crippen LogP contribution is -2.26. The summed E-state index contributed by atoms with van der Waals surface area (Å²) < 4.78 is 1.30. The highest BCUT2D eigenvalue weighted by molar-refractivity contribution is 6.43. The molecular weight excluding hydrogens is 311 g/mol. The monoisotopic (exact) mass is 320 g/mol. The largest absolute Gasteiger partial charge is 0.293 e. The van der Waals surface area contributed by atoms with Gasteiger partial charge in [0.1, 0.15) is 0 Å². The van der Waals surface area contributed by atoms with Gasteiger partial charge in [-0.05, 0) is 24.3 Å². The predicted molar refractivity (Wildman–Crippen MR) is 85.2 cm³/mol. The zero-order valence-corrected chi connectivity index (χ0v) is 12.2. The third-order valence-corrected chi connectivity index (χ3v) is 3.89. The van der Waals surface area contributed by atoms with Crippen LogP contribution in [0.1, 0.15) is 0 Å². The molecule has 2 aromatic carbocycles. The first-order valence-electron chi connectivity index (χ1n) is 6.06. The first kappa shape index (κ1) is 13.9. The van der Waals surface area contributed by atoms with Gasteiger partial charge in [-0.2, -0.15) is 0 Å². The maximum absolute atomic E-state index is 12.7. The number of aromatic nitrogens is 2. The van der Waals surface area contributed by atoms with Crippen molar-refractivity contribution in [3.8, 4) is 5.69 Å². The van der Waals surface area contributed by atoms with Gasteiger partial charge in [-0.3, -0.25) is 10.2 Å². The van der Waals surface area contributed by atoms with E-state index in [9.17, 15) is 4.79 Å². The van der Waals surface area contributed by atoms with Gasteiger partial charge in [-0.15, -0.1) is 0 Å². The fourth-order valence-electron chi connectivity index (χ4n) is 2.12. The van der Waals surface area contributed by atoms with Crippen molar-refractivity contribution in [2.45, 2.75) is 0 Å². The number of nitrogens with one attached hydrogen (secondary N) is 1. The molecule has 0 atom stereocenters. The quantitative estimate of drug-likeness (QED) is 0.562. The SMILES string of the molecule is NNc1nc2ccccc2c(=O)n1-c1cccc(Cl)c1Cl. The first-order valence-corrected chi connectivity index (χ1v) is 6.82. The predicted octanol–water partition coefficient (Wildman–Crippen LogP) is 2.98. The lowest BCUT2D eigenvalue weighted by Gasteiger charge is -2.14. The molecule has 1 heterocycles. The molecule has 0 spiro atoms. The molecule has 0 saturated heterocycles. The molecule has 0 bridgehead atoms. The zero-order chi connectivity index (χ0) is 15.0. The number of hydrogen-bond acceptors (Lipinski definition) is 4. The highest BCUT2D eigenvalue weighted by atomic mass is 35.5. The number of anilines is 1. The molecule has 0 saturated carbocycles. The molecule has 0 aliphatic carbocycles. The molecule has 3 N–H and O–H groups in total. The Kier molecular flexibility index (Phi) is 3.55. The van der Waals surface area contributed by atoms with Gasteiger partial charge < -0.3 is 0 Å². The number of para-hydroxylation sites is 1. The van der Waals surface area contributed by atoms with Crippen LogP contribution in [0, 0.1) is 0 Å². The van der Waals surface area contributed by atoms with E-state index in [1.54, 1.807) is 42.5 Å². The number of halogens is 2. The Morgan fingerprint density at radius 1 is 1.10 bits per heavy atom. The summed E-state index contributed by atoms with van der Waals surface area (Å²) in [6.45, 7) is 0. The van der Waals surface area contributed by atoms with Crippen molar-refractivity contribution < 1.29 is 0 Å². The van der Waals surface area contributed by atoms with Crippen LogP contribution in [0.5, 0.6) is 0 Å². The summed E-state index contributed by atoms with van der Waals surface area (Å²) in [4.78, 5) is 17.0. The number of benzene rings is 2. The van der Waals surface area contributed by atoms with Gasteiger partial charge in [0, 0.05) is 0 Å².